The number of hydrogen-bond donors (Lipinski definition) is 2. The SMILES string of the molecule is CC(C)c1cc(-c2cn[nH]c2N)ccc1F. The first-order valence-corrected chi connectivity index (χ1v) is 5.18. The van der Waals surface area contributed by atoms with Gasteiger partial charge in [-0.2, -0.15) is 5.10 Å². The van der Waals surface area contributed by atoms with Gasteiger partial charge >= 0.3 is 0 Å². The summed E-state index contributed by atoms with van der Waals surface area (Å²) in [6, 6.07) is 5.00. The molecule has 84 valence electrons. The number of nitrogens with one attached hydrogen (secondary N) is 1. The van der Waals surface area contributed by atoms with Crippen LogP contribution in [-0.4, -0.2) is 10.2 Å². The number of aromatic amines is 1. The molecule has 16 heavy (non-hydrogen) atoms. The largest absolute Gasteiger partial charge is 0.384 e. The van der Waals surface area contributed by atoms with Crippen molar-refractivity contribution in [3.63, 3.8) is 0 Å². The van der Waals surface area contributed by atoms with Gasteiger partial charge < -0.3 is 5.73 Å². The molecule has 0 bridgehead atoms. The van der Waals surface area contributed by atoms with Crippen LogP contribution in [-0.2, 0) is 0 Å². The predicted octanol–water partition coefficient (Wildman–Crippen LogP) is 2.92. The zero-order valence-corrected chi connectivity index (χ0v) is 9.29. The van der Waals surface area contributed by atoms with Crippen molar-refractivity contribution >= 4 is 5.82 Å². The molecule has 3 nitrogen and oxygen atoms in total. The van der Waals surface area contributed by atoms with Crippen LogP contribution in [0.3, 0.4) is 0 Å². The number of H-pyrrole nitrogens is 1. The van der Waals surface area contributed by atoms with E-state index in [-0.39, 0.29) is 11.7 Å². The van der Waals surface area contributed by atoms with Gasteiger partial charge in [-0.3, -0.25) is 5.10 Å². The van der Waals surface area contributed by atoms with Gasteiger partial charge in [-0.05, 0) is 29.2 Å². The first kappa shape index (κ1) is 10.7. The van der Waals surface area contributed by atoms with E-state index in [1.807, 2.05) is 19.9 Å². The fourth-order valence-corrected chi connectivity index (χ4v) is 1.68. The van der Waals surface area contributed by atoms with Crippen molar-refractivity contribution < 1.29 is 4.39 Å². The summed E-state index contributed by atoms with van der Waals surface area (Å²) < 4.78 is 13.5. The Kier molecular flexibility index (Phi) is 2.64. The van der Waals surface area contributed by atoms with E-state index in [2.05, 4.69) is 10.2 Å². The number of rotatable bonds is 2. The number of benzene rings is 1. The molecule has 0 fully saturated rings. The lowest BCUT2D eigenvalue weighted by atomic mass is 9.98. The van der Waals surface area contributed by atoms with Crippen LogP contribution in [0.4, 0.5) is 10.2 Å². The summed E-state index contributed by atoms with van der Waals surface area (Å²) in [5.41, 5.74) is 8.11. The standard InChI is InChI=1S/C12H14FN3/c1-7(2)9-5-8(3-4-11(9)13)10-6-15-16-12(10)14/h3-7H,1-2H3,(H3,14,15,16). The summed E-state index contributed by atoms with van der Waals surface area (Å²) in [6.45, 7) is 3.92. The van der Waals surface area contributed by atoms with Gasteiger partial charge in [0.05, 0.1) is 6.20 Å². The third-order valence-corrected chi connectivity index (χ3v) is 2.60. The van der Waals surface area contributed by atoms with Gasteiger partial charge in [-0.25, -0.2) is 4.39 Å². The lowest BCUT2D eigenvalue weighted by molar-refractivity contribution is 0.598. The van der Waals surface area contributed by atoms with E-state index in [1.54, 1.807) is 12.3 Å². The van der Waals surface area contributed by atoms with Crippen molar-refractivity contribution in [1.82, 2.24) is 10.2 Å². The summed E-state index contributed by atoms with van der Waals surface area (Å²) in [4.78, 5) is 0. The van der Waals surface area contributed by atoms with E-state index in [0.29, 0.717) is 11.4 Å². The Hall–Kier alpha value is -1.84. The smallest absolute Gasteiger partial charge is 0.126 e. The molecule has 0 radical (unpaired) electrons. The third kappa shape index (κ3) is 1.78. The average Bonchev–Trinajstić information content (AvgIpc) is 2.65. The van der Waals surface area contributed by atoms with E-state index < -0.39 is 0 Å². The Morgan fingerprint density at radius 1 is 1.38 bits per heavy atom. The molecule has 0 unspecified atom stereocenters. The number of nitrogen functional groups attached to an aromatic ring is 1. The molecular formula is C12H14FN3. The van der Waals surface area contributed by atoms with E-state index in [0.717, 1.165) is 11.1 Å². The second kappa shape index (κ2) is 3.96. The Morgan fingerprint density at radius 2 is 2.12 bits per heavy atom. The van der Waals surface area contributed by atoms with Gasteiger partial charge in [0.1, 0.15) is 11.6 Å². The number of halogens is 1. The normalized spacial score (nSPS) is 11.0. The maximum Gasteiger partial charge on any atom is 0.126 e. The zero-order valence-electron chi connectivity index (χ0n) is 9.29. The van der Waals surface area contributed by atoms with Gasteiger partial charge in [0.2, 0.25) is 0 Å². The van der Waals surface area contributed by atoms with Gasteiger partial charge in [-0.15, -0.1) is 0 Å². The monoisotopic (exact) mass is 219 g/mol. The third-order valence-electron chi connectivity index (χ3n) is 2.60. The minimum Gasteiger partial charge on any atom is -0.384 e. The molecule has 0 saturated carbocycles. The van der Waals surface area contributed by atoms with Crippen LogP contribution in [0, 0.1) is 5.82 Å². The summed E-state index contributed by atoms with van der Waals surface area (Å²) in [5.74, 6) is 0.468. The summed E-state index contributed by atoms with van der Waals surface area (Å²) in [5, 5.41) is 6.52. The van der Waals surface area contributed by atoms with E-state index in [4.69, 9.17) is 5.73 Å². The molecule has 0 amide bonds. The Bertz CT molecular complexity index is 503. The molecule has 1 heterocycles. The van der Waals surface area contributed by atoms with Crippen LogP contribution in [0.1, 0.15) is 25.3 Å². The van der Waals surface area contributed by atoms with Crippen LogP contribution in [0.15, 0.2) is 24.4 Å². The fourth-order valence-electron chi connectivity index (χ4n) is 1.68. The zero-order chi connectivity index (χ0) is 11.7. The highest BCUT2D eigenvalue weighted by Gasteiger charge is 2.10. The Morgan fingerprint density at radius 3 is 2.69 bits per heavy atom. The minimum atomic E-state index is -0.180. The highest BCUT2D eigenvalue weighted by molar-refractivity contribution is 5.73. The van der Waals surface area contributed by atoms with Crippen molar-refractivity contribution in [3.8, 4) is 11.1 Å². The molecule has 0 aliphatic rings. The number of hydrogen-bond acceptors (Lipinski definition) is 2. The van der Waals surface area contributed by atoms with Crippen molar-refractivity contribution in [2.45, 2.75) is 19.8 Å². The van der Waals surface area contributed by atoms with Crippen LogP contribution in [0.25, 0.3) is 11.1 Å². The number of anilines is 1. The van der Waals surface area contributed by atoms with Crippen LogP contribution < -0.4 is 5.73 Å². The van der Waals surface area contributed by atoms with Crippen LogP contribution in [0.5, 0.6) is 0 Å². The molecule has 1 aromatic carbocycles. The Labute approximate surface area is 93.5 Å². The van der Waals surface area contributed by atoms with Gasteiger partial charge in [0.15, 0.2) is 0 Å². The van der Waals surface area contributed by atoms with Gasteiger partial charge in [0.25, 0.3) is 0 Å². The van der Waals surface area contributed by atoms with E-state index in [9.17, 15) is 4.39 Å². The van der Waals surface area contributed by atoms with Crippen molar-refractivity contribution in [2.75, 3.05) is 5.73 Å². The second-order valence-corrected chi connectivity index (χ2v) is 4.09. The maximum absolute atomic E-state index is 13.5. The summed E-state index contributed by atoms with van der Waals surface area (Å²) >= 11 is 0. The lowest BCUT2D eigenvalue weighted by Crippen LogP contribution is -1.94. The molecule has 0 atom stereocenters. The molecule has 3 N–H and O–H groups in total. The molecule has 0 spiro atoms. The van der Waals surface area contributed by atoms with Crippen molar-refractivity contribution in [3.05, 3.63) is 35.8 Å². The molecule has 2 aromatic rings. The van der Waals surface area contributed by atoms with Crippen LogP contribution in [0.2, 0.25) is 0 Å². The fraction of sp³-hybridized carbons (Fsp3) is 0.250. The predicted molar refractivity (Wildman–Crippen MR) is 62.5 cm³/mol. The van der Waals surface area contributed by atoms with Gasteiger partial charge in [-0.1, -0.05) is 19.9 Å². The average molecular weight is 219 g/mol. The molecule has 2 rings (SSSR count). The van der Waals surface area contributed by atoms with Crippen molar-refractivity contribution in [2.24, 2.45) is 0 Å². The Balaban J connectivity index is 2.52. The first-order valence-electron chi connectivity index (χ1n) is 5.18. The summed E-state index contributed by atoms with van der Waals surface area (Å²) in [6.07, 6.45) is 1.65. The molecule has 0 aliphatic heterocycles. The van der Waals surface area contributed by atoms with Crippen LogP contribution >= 0.6 is 0 Å². The molecule has 0 saturated heterocycles. The topological polar surface area (TPSA) is 54.7 Å². The lowest BCUT2D eigenvalue weighted by Gasteiger charge is -2.09. The highest BCUT2D eigenvalue weighted by atomic mass is 19.1. The quantitative estimate of drug-likeness (QED) is 0.815. The first-order chi connectivity index (χ1) is 7.59. The maximum atomic E-state index is 13.5. The number of nitrogens with two attached hydrogens (primary N) is 1. The van der Waals surface area contributed by atoms with E-state index in [1.165, 1.54) is 6.07 Å². The molecular weight excluding hydrogens is 205 g/mol. The van der Waals surface area contributed by atoms with Gasteiger partial charge in [0, 0.05) is 5.56 Å². The number of nitrogens with zero attached hydrogens (tertiary/aromatic N) is 1. The summed E-state index contributed by atoms with van der Waals surface area (Å²) in [7, 11) is 0. The molecule has 1 aromatic heterocycles. The molecule has 0 aliphatic carbocycles. The highest BCUT2D eigenvalue weighted by Crippen LogP contribution is 2.28. The second-order valence-electron chi connectivity index (χ2n) is 4.09. The van der Waals surface area contributed by atoms with E-state index >= 15 is 0 Å². The molecule has 4 heteroatoms. The minimum absolute atomic E-state index is 0.146. The number of aromatic nitrogens is 2. The van der Waals surface area contributed by atoms with Crippen molar-refractivity contribution in [1.29, 1.82) is 0 Å².